The molecular formula is C20H19ClN2O. The fourth-order valence-electron chi connectivity index (χ4n) is 2.59. The molecule has 0 aliphatic heterocycles. The molecule has 3 aromatic rings. The number of rotatable bonds is 6. The van der Waals surface area contributed by atoms with Gasteiger partial charge < -0.3 is 10.1 Å². The number of hydrogen-bond acceptors (Lipinski definition) is 3. The van der Waals surface area contributed by atoms with Gasteiger partial charge in [-0.3, -0.25) is 0 Å². The molecule has 0 bridgehead atoms. The van der Waals surface area contributed by atoms with Crippen molar-refractivity contribution in [2.24, 2.45) is 0 Å². The highest BCUT2D eigenvalue weighted by atomic mass is 35.5. The van der Waals surface area contributed by atoms with E-state index in [9.17, 15) is 0 Å². The van der Waals surface area contributed by atoms with E-state index < -0.39 is 0 Å². The molecule has 4 heteroatoms. The first-order valence-electron chi connectivity index (χ1n) is 7.80. The minimum Gasteiger partial charge on any atom is -0.496 e. The third kappa shape index (κ3) is 3.94. The standard InChI is InChI=1S/C20H19ClN2O/c1-24-19-10-6-5-9-16(19)12-22-13-18-11-17(14-23-20(18)21)15-7-3-2-4-8-15/h2-11,14,22H,12-13H2,1H3. The maximum Gasteiger partial charge on any atom is 0.133 e. The Labute approximate surface area is 147 Å². The van der Waals surface area contributed by atoms with Crippen molar-refractivity contribution < 1.29 is 4.74 Å². The SMILES string of the molecule is COc1ccccc1CNCc1cc(-c2ccccc2)cnc1Cl. The number of methoxy groups -OCH3 is 1. The molecule has 0 unspecified atom stereocenters. The van der Waals surface area contributed by atoms with E-state index in [1.807, 2.05) is 42.5 Å². The molecular weight excluding hydrogens is 320 g/mol. The first kappa shape index (κ1) is 16.5. The van der Waals surface area contributed by atoms with E-state index in [0.29, 0.717) is 18.2 Å². The van der Waals surface area contributed by atoms with Crippen LogP contribution in [-0.2, 0) is 13.1 Å². The van der Waals surface area contributed by atoms with E-state index >= 15 is 0 Å². The molecule has 1 aromatic heterocycles. The van der Waals surface area contributed by atoms with E-state index in [1.54, 1.807) is 13.3 Å². The van der Waals surface area contributed by atoms with Crippen LogP contribution in [0.3, 0.4) is 0 Å². The lowest BCUT2D eigenvalue weighted by Gasteiger charge is -2.11. The predicted octanol–water partition coefficient (Wildman–Crippen LogP) is 4.70. The third-order valence-electron chi connectivity index (χ3n) is 3.84. The molecule has 0 aliphatic carbocycles. The summed E-state index contributed by atoms with van der Waals surface area (Å²) in [6.07, 6.45) is 1.81. The van der Waals surface area contributed by atoms with Gasteiger partial charge in [0.2, 0.25) is 0 Å². The monoisotopic (exact) mass is 338 g/mol. The Kier molecular flexibility index (Phi) is 5.47. The van der Waals surface area contributed by atoms with E-state index in [4.69, 9.17) is 16.3 Å². The van der Waals surface area contributed by atoms with Crippen LogP contribution in [0.25, 0.3) is 11.1 Å². The van der Waals surface area contributed by atoms with Crippen molar-refractivity contribution in [3.05, 3.63) is 83.1 Å². The molecule has 3 rings (SSSR count). The Bertz CT molecular complexity index is 806. The molecule has 0 aliphatic rings. The molecule has 0 spiro atoms. The van der Waals surface area contributed by atoms with Gasteiger partial charge in [-0.25, -0.2) is 4.98 Å². The van der Waals surface area contributed by atoms with Crippen LogP contribution >= 0.6 is 11.6 Å². The number of nitrogens with one attached hydrogen (secondary N) is 1. The highest BCUT2D eigenvalue weighted by molar-refractivity contribution is 6.30. The zero-order chi connectivity index (χ0) is 16.8. The van der Waals surface area contributed by atoms with Gasteiger partial charge in [-0.2, -0.15) is 0 Å². The van der Waals surface area contributed by atoms with Gasteiger partial charge in [0.1, 0.15) is 10.9 Å². The largest absolute Gasteiger partial charge is 0.496 e. The topological polar surface area (TPSA) is 34.1 Å². The molecule has 0 saturated heterocycles. The van der Waals surface area contributed by atoms with E-state index in [2.05, 4.69) is 28.5 Å². The second-order valence-corrected chi connectivity index (χ2v) is 5.81. The number of nitrogens with zero attached hydrogens (tertiary/aromatic N) is 1. The third-order valence-corrected chi connectivity index (χ3v) is 4.18. The van der Waals surface area contributed by atoms with Gasteiger partial charge in [-0.05, 0) is 17.7 Å². The Morgan fingerprint density at radius 1 is 0.917 bits per heavy atom. The molecule has 2 aromatic carbocycles. The van der Waals surface area contributed by atoms with Gasteiger partial charge in [0.25, 0.3) is 0 Å². The molecule has 24 heavy (non-hydrogen) atoms. The van der Waals surface area contributed by atoms with E-state index in [0.717, 1.165) is 28.0 Å². The van der Waals surface area contributed by atoms with E-state index in [-0.39, 0.29) is 0 Å². The lowest BCUT2D eigenvalue weighted by atomic mass is 10.1. The van der Waals surface area contributed by atoms with Crippen LogP contribution in [0.1, 0.15) is 11.1 Å². The average molecular weight is 339 g/mol. The second-order valence-electron chi connectivity index (χ2n) is 5.46. The minimum atomic E-state index is 0.530. The van der Waals surface area contributed by atoms with Crippen LogP contribution in [0.5, 0.6) is 5.75 Å². The van der Waals surface area contributed by atoms with Gasteiger partial charge in [-0.15, -0.1) is 0 Å². The number of pyridine rings is 1. The molecule has 122 valence electrons. The predicted molar refractivity (Wildman–Crippen MR) is 98.2 cm³/mol. The summed E-state index contributed by atoms with van der Waals surface area (Å²) in [4.78, 5) is 4.32. The van der Waals surface area contributed by atoms with Crippen molar-refractivity contribution in [1.82, 2.24) is 10.3 Å². The first-order valence-corrected chi connectivity index (χ1v) is 8.18. The Balaban J connectivity index is 1.71. The van der Waals surface area contributed by atoms with Crippen molar-refractivity contribution >= 4 is 11.6 Å². The van der Waals surface area contributed by atoms with Gasteiger partial charge in [0.05, 0.1) is 7.11 Å². The highest BCUT2D eigenvalue weighted by Gasteiger charge is 2.06. The van der Waals surface area contributed by atoms with Gasteiger partial charge in [0, 0.05) is 36.0 Å². The van der Waals surface area contributed by atoms with E-state index in [1.165, 1.54) is 0 Å². The molecule has 1 N–H and O–H groups in total. The summed E-state index contributed by atoms with van der Waals surface area (Å²) < 4.78 is 5.37. The summed E-state index contributed by atoms with van der Waals surface area (Å²) >= 11 is 6.25. The lowest BCUT2D eigenvalue weighted by Crippen LogP contribution is -2.14. The van der Waals surface area contributed by atoms with Crippen molar-refractivity contribution in [2.75, 3.05) is 7.11 Å². The highest BCUT2D eigenvalue weighted by Crippen LogP contribution is 2.23. The van der Waals surface area contributed by atoms with Crippen molar-refractivity contribution in [1.29, 1.82) is 0 Å². The quantitative estimate of drug-likeness (QED) is 0.661. The number of halogens is 1. The number of hydrogen-bond donors (Lipinski definition) is 1. The van der Waals surface area contributed by atoms with Crippen LogP contribution in [-0.4, -0.2) is 12.1 Å². The molecule has 0 atom stereocenters. The smallest absolute Gasteiger partial charge is 0.133 e. The molecule has 0 radical (unpaired) electrons. The maximum atomic E-state index is 6.25. The molecule has 1 heterocycles. The van der Waals surface area contributed by atoms with Gasteiger partial charge in [-0.1, -0.05) is 60.1 Å². The Hall–Kier alpha value is -2.36. The molecule has 3 nitrogen and oxygen atoms in total. The zero-order valence-electron chi connectivity index (χ0n) is 13.5. The first-order chi connectivity index (χ1) is 11.8. The zero-order valence-corrected chi connectivity index (χ0v) is 14.3. The number of benzene rings is 2. The fourth-order valence-corrected chi connectivity index (χ4v) is 2.76. The number of ether oxygens (including phenoxy) is 1. The van der Waals surface area contributed by atoms with Crippen LogP contribution < -0.4 is 10.1 Å². The van der Waals surface area contributed by atoms with Gasteiger partial charge in [0.15, 0.2) is 0 Å². The summed E-state index contributed by atoms with van der Waals surface area (Å²) in [6, 6.07) is 20.2. The second kappa shape index (κ2) is 7.95. The van der Waals surface area contributed by atoms with Crippen LogP contribution in [0.4, 0.5) is 0 Å². The lowest BCUT2D eigenvalue weighted by molar-refractivity contribution is 0.407. The van der Waals surface area contributed by atoms with Crippen LogP contribution in [0, 0.1) is 0 Å². The summed E-state index contributed by atoms with van der Waals surface area (Å²) in [5, 5.41) is 3.94. The number of para-hydroxylation sites is 1. The summed E-state index contributed by atoms with van der Waals surface area (Å²) in [5.74, 6) is 0.882. The van der Waals surface area contributed by atoms with Crippen molar-refractivity contribution in [3.8, 4) is 16.9 Å². The molecule has 0 amide bonds. The fraction of sp³-hybridized carbons (Fsp3) is 0.150. The van der Waals surface area contributed by atoms with Crippen molar-refractivity contribution in [2.45, 2.75) is 13.1 Å². The molecule has 0 saturated carbocycles. The van der Waals surface area contributed by atoms with Gasteiger partial charge >= 0.3 is 0 Å². The summed E-state index contributed by atoms with van der Waals surface area (Å²) in [5.41, 5.74) is 4.29. The average Bonchev–Trinajstić information content (AvgIpc) is 2.64. The van der Waals surface area contributed by atoms with Crippen LogP contribution in [0.2, 0.25) is 5.15 Å². The number of aromatic nitrogens is 1. The summed E-state index contributed by atoms with van der Waals surface area (Å²) in [7, 11) is 1.68. The Morgan fingerprint density at radius 3 is 2.42 bits per heavy atom. The van der Waals surface area contributed by atoms with Crippen LogP contribution in [0.15, 0.2) is 66.9 Å². The molecule has 0 fully saturated rings. The van der Waals surface area contributed by atoms with Crippen molar-refractivity contribution in [3.63, 3.8) is 0 Å². The summed E-state index contributed by atoms with van der Waals surface area (Å²) in [6.45, 7) is 1.35. The normalized spacial score (nSPS) is 10.6. The minimum absolute atomic E-state index is 0.530. The Morgan fingerprint density at radius 2 is 1.62 bits per heavy atom. The maximum absolute atomic E-state index is 6.25.